The van der Waals surface area contributed by atoms with Crippen molar-refractivity contribution in [3.63, 3.8) is 0 Å². The average Bonchev–Trinajstić information content (AvgIpc) is 3.59. The van der Waals surface area contributed by atoms with Crippen molar-refractivity contribution in [2.45, 2.75) is 0 Å². The lowest BCUT2D eigenvalue weighted by atomic mass is 10.1. The van der Waals surface area contributed by atoms with Crippen molar-refractivity contribution in [2.24, 2.45) is 0 Å². The van der Waals surface area contributed by atoms with E-state index in [9.17, 15) is 9.18 Å². The second kappa shape index (κ2) is 10.3. The van der Waals surface area contributed by atoms with E-state index in [0.29, 0.717) is 55.2 Å². The SMILES string of the molecule is COc1cc(-c2cc(C(=O)Nc3nc4ccc(F)cc4s3)nc3cc(-c4ccccc4)nn23)cc(OC)c1OC. The van der Waals surface area contributed by atoms with Crippen molar-refractivity contribution >= 4 is 38.2 Å². The van der Waals surface area contributed by atoms with E-state index in [1.807, 2.05) is 36.4 Å². The number of anilines is 1. The van der Waals surface area contributed by atoms with Crippen LogP contribution in [0.15, 0.2) is 72.8 Å². The molecule has 6 aromatic rings. The van der Waals surface area contributed by atoms with Crippen LogP contribution in [0.3, 0.4) is 0 Å². The Bertz CT molecular complexity index is 1860. The van der Waals surface area contributed by atoms with E-state index in [0.717, 1.165) is 5.56 Å². The van der Waals surface area contributed by atoms with Crippen molar-refractivity contribution in [2.75, 3.05) is 26.6 Å². The van der Waals surface area contributed by atoms with E-state index in [1.54, 1.807) is 28.8 Å². The van der Waals surface area contributed by atoms with E-state index in [2.05, 4.69) is 15.3 Å². The van der Waals surface area contributed by atoms with Gasteiger partial charge in [0, 0.05) is 17.2 Å². The summed E-state index contributed by atoms with van der Waals surface area (Å²) < 4.78 is 32.5. The minimum absolute atomic E-state index is 0.140. The largest absolute Gasteiger partial charge is 0.493 e. The minimum atomic E-state index is -0.474. The standard InChI is InChI=1S/C29H22FN5O4S/c1-37-23-11-17(12-24(38-2)27(23)39-3)22-14-21(28(36)33-29-32-19-10-9-18(30)13-25(19)40-29)31-26-15-20(34-35(22)26)16-7-5-4-6-8-16/h4-15H,1-3H3,(H,32,33,36). The van der Waals surface area contributed by atoms with E-state index >= 15 is 0 Å². The first kappa shape index (κ1) is 25.3. The zero-order valence-corrected chi connectivity index (χ0v) is 22.5. The fraction of sp³-hybridized carbons (Fsp3) is 0.103. The van der Waals surface area contributed by atoms with Crippen LogP contribution < -0.4 is 19.5 Å². The van der Waals surface area contributed by atoms with Gasteiger partial charge in [-0.15, -0.1) is 0 Å². The lowest BCUT2D eigenvalue weighted by Gasteiger charge is -2.15. The summed E-state index contributed by atoms with van der Waals surface area (Å²) in [7, 11) is 4.60. The maximum absolute atomic E-state index is 13.7. The van der Waals surface area contributed by atoms with Gasteiger partial charge in [0.25, 0.3) is 5.91 Å². The van der Waals surface area contributed by atoms with Gasteiger partial charge in [0.15, 0.2) is 22.3 Å². The fourth-order valence-electron chi connectivity index (χ4n) is 4.39. The van der Waals surface area contributed by atoms with Gasteiger partial charge in [-0.3, -0.25) is 10.1 Å². The number of nitrogens with zero attached hydrogens (tertiary/aromatic N) is 4. The molecule has 3 heterocycles. The molecule has 1 amide bonds. The molecule has 40 heavy (non-hydrogen) atoms. The number of thiazole rings is 1. The van der Waals surface area contributed by atoms with Gasteiger partial charge < -0.3 is 14.2 Å². The molecule has 11 heteroatoms. The first-order valence-electron chi connectivity index (χ1n) is 12.1. The molecule has 1 N–H and O–H groups in total. The Morgan fingerprint density at radius 2 is 1.62 bits per heavy atom. The van der Waals surface area contributed by atoms with Crippen molar-refractivity contribution in [3.05, 3.63) is 84.3 Å². The molecular weight excluding hydrogens is 533 g/mol. The van der Waals surface area contributed by atoms with E-state index < -0.39 is 5.91 Å². The number of nitrogens with one attached hydrogen (secondary N) is 1. The number of aromatic nitrogens is 4. The number of methoxy groups -OCH3 is 3. The summed E-state index contributed by atoms with van der Waals surface area (Å²) in [4.78, 5) is 22.4. The van der Waals surface area contributed by atoms with Crippen molar-refractivity contribution < 1.29 is 23.4 Å². The Morgan fingerprint density at radius 3 is 2.33 bits per heavy atom. The fourth-order valence-corrected chi connectivity index (χ4v) is 5.27. The Kier molecular flexibility index (Phi) is 6.48. The predicted octanol–water partition coefficient (Wildman–Crippen LogP) is 6.09. The minimum Gasteiger partial charge on any atom is -0.493 e. The second-order valence-electron chi connectivity index (χ2n) is 8.69. The number of halogens is 1. The average molecular weight is 556 g/mol. The first-order chi connectivity index (χ1) is 19.5. The van der Waals surface area contributed by atoms with E-state index in [-0.39, 0.29) is 11.5 Å². The van der Waals surface area contributed by atoms with Crippen LogP contribution in [0.1, 0.15) is 10.5 Å². The summed E-state index contributed by atoms with van der Waals surface area (Å²) in [6.45, 7) is 0. The second-order valence-corrected chi connectivity index (χ2v) is 9.72. The predicted molar refractivity (Wildman–Crippen MR) is 151 cm³/mol. The Labute approximate surface area is 231 Å². The molecule has 3 aromatic carbocycles. The third-order valence-electron chi connectivity index (χ3n) is 6.26. The first-order valence-corrected chi connectivity index (χ1v) is 12.9. The molecule has 0 atom stereocenters. The Balaban J connectivity index is 1.49. The molecule has 0 unspecified atom stereocenters. The van der Waals surface area contributed by atoms with Crippen molar-refractivity contribution in [1.29, 1.82) is 0 Å². The summed E-state index contributed by atoms with van der Waals surface area (Å²) >= 11 is 1.18. The van der Waals surface area contributed by atoms with Crippen LogP contribution in [0.2, 0.25) is 0 Å². The molecule has 6 rings (SSSR count). The summed E-state index contributed by atoms with van der Waals surface area (Å²) in [6, 6.07) is 21.0. The van der Waals surface area contributed by atoms with Gasteiger partial charge >= 0.3 is 0 Å². The zero-order valence-electron chi connectivity index (χ0n) is 21.6. The number of fused-ring (bicyclic) bond motifs is 2. The lowest BCUT2D eigenvalue weighted by molar-refractivity contribution is 0.102. The highest BCUT2D eigenvalue weighted by molar-refractivity contribution is 7.22. The smallest absolute Gasteiger partial charge is 0.276 e. The number of hydrogen-bond acceptors (Lipinski definition) is 8. The van der Waals surface area contributed by atoms with Crippen molar-refractivity contribution in [1.82, 2.24) is 19.6 Å². The molecule has 0 radical (unpaired) electrons. The highest BCUT2D eigenvalue weighted by Crippen LogP contribution is 2.41. The molecule has 0 aliphatic carbocycles. The van der Waals surface area contributed by atoms with Gasteiger partial charge in [0.2, 0.25) is 5.75 Å². The molecule has 0 aliphatic rings. The number of ether oxygens (including phenoxy) is 3. The van der Waals surface area contributed by atoms with Gasteiger partial charge in [-0.05, 0) is 36.4 Å². The highest BCUT2D eigenvalue weighted by atomic mass is 32.1. The van der Waals surface area contributed by atoms with Gasteiger partial charge in [-0.2, -0.15) is 5.10 Å². The third kappa shape index (κ3) is 4.56. The van der Waals surface area contributed by atoms with Crippen LogP contribution in [0, 0.1) is 5.82 Å². The van der Waals surface area contributed by atoms with Gasteiger partial charge in [-0.25, -0.2) is 18.9 Å². The molecule has 0 saturated heterocycles. The summed E-state index contributed by atoms with van der Waals surface area (Å²) in [5.74, 6) is 0.494. The molecule has 3 aromatic heterocycles. The normalized spacial score (nSPS) is 11.1. The lowest BCUT2D eigenvalue weighted by Crippen LogP contribution is -2.15. The van der Waals surface area contributed by atoms with Crippen LogP contribution in [0.4, 0.5) is 9.52 Å². The van der Waals surface area contributed by atoms with Crippen molar-refractivity contribution in [3.8, 4) is 39.8 Å². The molecule has 0 spiro atoms. The molecule has 0 fully saturated rings. The summed E-state index contributed by atoms with van der Waals surface area (Å²) in [6.07, 6.45) is 0. The summed E-state index contributed by atoms with van der Waals surface area (Å²) in [5, 5.41) is 7.93. The van der Waals surface area contributed by atoms with Crippen LogP contribution in [0.25, 0.3) is 38.4 Å². The Morgan fingerprint density at radius 1 is 0.875 bits per heavy atom. The van der Waals surface area contributed by atoms with Gasteiger partial charge in [0.05, 0.1) is 42.9 Å². The monoisotopic (exact) mass is 555 g/mol. The molecule has 0 aliphatic heterocycles. The van der Waals surface area contributed by atoms with Crippen LogP contribution >= 0.6 is 11.3 Å². The molecular formula is C29H22FN5O4S. The third-order valence-corrected chi connectivity index (χ3v) is 7.19. The Hall–Kier alpha value is -5.03. The number of amides is 1. The van der Waals surface area contributed by atoms with Crippen LogP contribution in [-0.2, 0) is 0 Å². The zero-order chi connectivity index (χ0) is 27.8. The highest BCUT2D eigenvalue weighted by Gasteiger charge is 2.21. The van der Waals surface area contributed by atoms with Crippen LogP contribution in [0.5, 0.6) is 17.2 Å². The summed E-state index contributed by atoms with van der Waals surface area (Å²) in [5.41, 5.74) is 4.01. The maximum atomic E-state index is 13.7. The number of rotatable bonds is 7. The van der Waals surface area contributed by atoms with E-state index in [1.165, 1.54) is 44.8 Å². The van der Waals surface area contributed by atoms with E-state index in [4.69, 9.17) is 19.3 Å². The number of benzene rings is 3. The van der Waals surface area contributed by atoms with Gasteiger partial charge in [-0.1, -0.05) is 41.7 Å². The maximum Gasteiger partial charge on any atom is 0.276 e. The molecule has 0 saturated carbocycles. The quantitative estimate of drug-likeness (QED) is 0.254. The number of carbonyl (C=O) groups excluding carboxylic acids is 1. The molecule has 200 valence electrons. The van der Waals surface area contributed by atoms with Gasteiger partial charge in [0.1, 0.15) is 11.5 Å². The van der Waals surface area contributed by atoms with Crippen LogP contribution in [-0.4, -0.2) is 46.8 Å². The molecule has 9 nitrogen and oxygen atoms in total. The molecule has 0 bridgehead atoms. The topological polar surface area (TPSA) is 99.9 Å². The number of carbonyl (C=O) groups is 1. The number of hydrogen-bond donors (Lipinski definition) is 1.